The Kier molecular flexibility index (Phi) is 4.27. The van der Waals surface area contributed by atoms with Gasteiger partial charge in [0.1, 0.15) is 0 Å². The Balaban J connectivity index is 2.51. The fourth-order valence-electron chi connectivity index (χ4n) is 2.02. The maximum absolute atomic E-state index is 11.9. The van der Waals surface area contributed by atoms with Gasteiger partial charge in [-0.3, -0.25) is 10.1 Å². The summed E-state index contributed by atoms with van der Waals surface area (Å²) in [6.45, 7) is 1.66. The van der Waals surface area contributed by atoms with Crippen LogP contribution in [-0.2, 0) is 9.53 Å². The summed E-state index contributed by atoms with van der Waals surface area (Å²) in [6, 6.07) is 6.09. The van der Waals surface area contributed by atoms with Crippen LogP contribution in [-0.4, -0.2) is 23.2 Å². The van der Waals surface area contributed by atoms with Crippen molar-refractivity contribution in [1.29, 1.82) is 0 Å². The average molecular weight is 307 g/mol. The van der Waals surface area contributed by atoms with Crippen LogP contribution in [0.2, 0.25) is 0 Å². The average Bonchev–Trinajstić information content (AvgIpc) is 2.45. The van der Waals surface area contributed by atoms with E-state index >= 15 is 0 Å². The third-order valence-corrected chi connectivity index (χ3v) is 4.03. The molecule has 110 valence electrons. The molecule has 2 N–H and O–H groups in total. The van der Waals surface area contributed by atoms with Gasteiger partial charge in [0.05, 0.1) is 28.6 Å². The molecule has 1 unspecified atom stereocenters. The van der Waals surface area contributed by atoms with Gasteiger partial charge >= 0.3 is 5.97 Å². The molecule has 0 spiro atoms. The number of thioether (sulfide) groups is 1. The SMILES string of the molecule is COC(=O)C1=C(C)N=C(N)SC1c1cccc([N+](=O)[O-])c1. The van der Waals surface area contributed by atoms with E-state index < -0.39 is 16.1 Å². The number of rotatable bonds is 3. The minimum absolute atomic E-state index is 0.0453. The number of hydrogen-bond donors (Lipinski definition) is 1. The van der Waals surface area contributed by atoms with Crippen LogP contribution >= 0.6 is 11.8 Å². The number of carbonyl (C=O) groups is 1. The lowest BCUT2D eigenvalue weighted by atomic mass is 10.0. The summed E-state index contributed by atoms with van der Waals surface area (Å²) < 4.78 is 4.77. The maximum Gasteiger partial charge on any atom is 0.337 e. The smallest absolute Gasteiger partial charge is 0.337 e. The summed E-state index contributed by atoms with van der Waals surface area (Å²) in [5.74, 6) is -0.521. The lowest BCUT2D eigenvalue weighted by molar-refractivity contribution is -0.384. The minimum atomic E-state index is -0.521. The van der Waals surface area contributed by atoms with Crippen LogP contribution in [0.1, 0.15) is 17.7 Å². The molecule has 0 aliphatic carbocycles. The second-order valence-electron chi connectivity index (χ2n) is 4.29. The molecule has 2 rings (SSSR count). The van der Waals surface area contributed by atoms with Gasteiger partial charge in [-0.15, -0.1) is 0 Å². The molecule has 0 saturated heterocycles. The number of nitro groups is 1. The molecule has 1 aromatic rings. The first-order chi connectivity index (χ1) is 9.93. The minimum Gasteiger partial charge on any atom is -0.466 e. The Morgan fingerprint density at radius 2 is 2.24 bits per heavy atom. The number of allylic oxidation sites excluding steroid dienone is 1. The molecule has 0 amide bonds. The molecule has 0 saturated carbocycles. The number of ether oxygens (including phenoxy) is 1. The Hall–Kier alpha value is -2.35. The van der Waals surface area contributed by atoms with E-state index in [9.17, 15) is 14.9 Å². The van der Waals surface area contributed by atoms with Gasteiger partial charge in [-0.05, 0) is 12.5 Å². The summed E-state index contributed by atoms with van der Waals surface area (Å²) in [6.07, 6.45) is 0. The van der Waals surface area contributed by atoms with Crippen LogP contribution < -0.4 is 5.73 Å². The highest BCUT2D eigenvalue weighted by molar-refractivity contribution is 8.14. The molecule has 0 aromatic heterocycles. The molecule has 1 aromatic carbocycles. The van der Waals surface area contributed by atoms with Crippen LogP contribution in [0, 0.1) is 10.1 Å². The number of carbonyl (C=O) groups excluding carboxylic acids is 1. The third kappa shape index (κ3) is 3.05. The van der Waals surface area contributed by atoms with Gasteiger partial charge in [-0.1, -0.05) is 23.9 Å². The predicted octanol–water partition coefficient (Wildman–Crippen LogP) is 2.14. The highest BCUT2D eigenvalue weighted by Crippen LogP contribution is 2.42. The van der Waals surface area contributed by atoms with E-state index in [1.165, 1.54) is 19.2 Å². The van der Waals surface area contributed by atoms with Crippen molar-refractivity contribution in [3.05, 3.63) is 51.2 Å². The van der Waals surface area contributed by atoms with Crippen molar-refractivity contribution < 1.29 is 14.5 Å². The number of nitro benzene ring substituents is 1. The summed E-state index contributed by atoms with van der Waals surface area (Å²) in [5.41, 5.74) is 7.10. The van der Waals surface area contributed by atoms with Crippen LogP contribution in [0.4, 0.5) is 5.69 Å². The quantitative estimate of drug-likeness (QED) is 0.520. The fourth-order valence-corrected chi connectivity index (χ4v) is 3.12. The summed E-state index contributed by atoms with van der Waals surface area (Å²) in [4.78, 5) is 26.4. The van der Waals surface area contributed by atoms with Gasteiger partial charge in [0.25, 0.3) is 5.69 Å². The molecule has 1 atom stereocenters. The zero-order valence-corrected chi connectivity index (χ0v) is 12.2. The van der Waals surface area contributed by atoms with Crippen molar-refractivity contribution in [1.82, 2.24) is 0 Å². The van der Waals surface area contributed by atoms with E-state index in [2.05, 4.69) is 4.99 Å². The number of aliphatic imine (C=N–C) groups is 1. The number of non-ortho nitro benzene ring substituents is 1. The van der Waals surface area contributed by atoms with Crippen molar-refractivity contribution >= 4 is 28.6 Å². The summed E-state index contributed by atoms with van der Waals surface area (Å²) in [5, 5.41) is 10.7. The zero-order valence-electron chi connectivity index (χ0n) is 11.4. The van der Waals surface area contributed by atoms with E-state index in [-0.39, 0.29) is 5.69 Å². The Labute approximate surface area is 125 Å². The van der Waals surface area contributed by atoms with Gasteiger partial charge in [-0.2, -0.15) is 0 Å². The van der Waals surface area contributed by atoms with E-state index in [1.54, 1.807) is 19.1 Å². The topological polar surface area (TPSA) is 108 Å². The molecule has 0 bridgehead atoms. The lowest BCUT2D eigenvalue weighted by Crippen LogP contribution is -2.21. The third-order valence-electron chi connectivity index (χ3n) is 2.96. The van der Waals surface area contributed by atoms with E-state index in [0.717, 1.165) is 11.8 Å². The number of nitrogens with zero attached hydrogens (tertiary/aromatic N) is 2. The monoisotopic (exact) mass is 307 g/mol. The number of amidine groups is 1. The number of esters is 1. The molecule has 7 nitrogen and oxygen atoms in total. The molecule has 8 heteroatoms. The first-order valence-corrected chi connectivity index (χ1v) is 6.86. The first-order valence-electron chi connectivity index (χ1n) is 5.98. The molecule has 1 heterocycles. The molecule has 1 aliphatic heterocycles. The number of hydrogen-bond acceptors (Lipinski definition) is 7. The summed E-state index contributed by atoms with van der Waals surface area (Å²) in [7, 11) is 1.28. The molecule has 1 aliphatic rings. The van der Waals surface area contributed by atoms with Gasteiger partial charge in [-0.25, -0.2) is 9.79 Å². The van der Waals surface area contributed by atoms with Crippen molar-refractivity contribution in [2.45, 2.75) is 12.2 Å². The lowest BCUT2D eigenvalue weighted by Gasteiger charge is -2.23. The summed E-state index contributed by atoms with van der Waals surface area (Å²) >= 11 is 1.16. The highest BCUT2D eigenvalue weighted by atomic mass is 32.2. The van der Waals surface area contributed by atoms with Gasteiger partial charge in [0.15, 0.2) is 5.17 Å². The normalized spacial score (nSPS) is 18.2. The standard InChI is InChI=1S/C13H13N3O4S/c1-7-10(12(17)20-2)11(21-13(14)15-7)8-4-3-5-9(6-8)16(18)19/h3-6,11H,1-2H3,(H2,14,15). The van der Waals surface area contributed by atoms with E-state index in [4.69, 9.17) is 10.5 Å². The van der Waals surface area contributed by atoms with Crippen molar-refractivity contribution in [3.8, 4) is 0 Å². The molecule has 21 heavy (non-hydrogen) atoms. The maximum atomic E-state index is 11.9. The van der Waals surface area contributed by atoms with Gasteiger partial charge < -0.3 is 10.5 Å². The molecule has 0 fully saturated rings. The molecule has 0 radical (unpaired) electrons. The highest BCUT2D eigenvalue weighted by Gasteiger charge is 2.31. The number of benzene rings is 1. The van der Waals surface area contributed by atoms with Crippen LogP contribution in [0.15, 0.2) is 40.5 Å². The number of methoxy groups -OCH3 is 1. The fraction of sp³-hybridized carbons (Fsp3) is 0.231. The second-order valence-corrected chi connectivity index (χ2v) is 5.42. The van der Waals surface area contributed by atoms with Crippen LogP contribution in [0.25, 0.3) is 0 Å². The predicted molar refractivity (Wildman–Crippen MR) is 79.8 cm³/mol. The van der Waals surface area contributed by atoms with Crippen LogP contribution in [0.5, 0.6) is 0 Å². The Bertz CT molecular complexity index is 669. The van der Waals surface area contributed by atoms with E-state index in [1.807, 2.05) is 0 Å². The van der Waals surface area contributed by atoms with Gasteiger partial charge in [0.2, 0.25) is 0 Å². The zero-order chi connectivity index (χ0) is 15.6. The second kappa shape index (κ2) is 5.96. The Morgan fingerprint density at radius 1 is 1.52 bits per heavy atom. The van der Waals surface area contributed by atoms with E-state index in [0.29, 0.717) is 22.0 Å². The van der Waals surface area contributed by atoms with Gasteiger partial charge in [0, 0.05) is 12.1 Å². The van der Waals surface area contributed by atoms with Crippen LogP contribution in [0.3, 0.4) is 0 Å². The van der Waals surface area contributed by atoms with Crippen molar-refractivity contribution in [3.63, 3.8) is 0 Å². The Morgan fingerprint density at radius 3 is 2.86 bits per heavy atom. The van der Waals surface area contributed by atoms with Crippen molar-refractivity contribution in [2.24, 2.45) is 10.7 Å². The molecular formula is C13H13N3O4S. The first kappa shape index (κ1) is 15.0. The van der Waals surface area contributed by atoms with Crippen molar-refractivity contribution in [2.75, 3.05) is 7.11 Å². The number of nitrogens with two attached hydrogens (primary N) is 1. The largest absolute Gasteiger partial charge is 0.466 e. The molecular weight excluding hydrogens is 294 g/mol.